The van der Waals surface area contributed by atoms with Crippen LogP contribution in [0.1, 0.15) is 18.1 Å². The smallest absolute Gasteiger partial charge is 0.144 e. The molecule has 0 bridgehead atoms. The van der Waals surface area contributed by atoms with Gasteiger partial charge in [0.05, 0.1) is 23.8 Å². The van der Waals surface area contributed by atoms with Crippen molar-refractivity contribution in [2.24, 2.45) is 15.1 Å². The van der Waals surface area contributed by atoms with E-state index in [1.165, 1.54) is 12.1 Å². The van der Waals surface area contributed by atoms with Gasteiger partial charge in [-0.1, -0.05) is 29.8 Å². The molecule has 0 fully saturated rings. The fraction of sp³-hybridized carbons (Fsp3) is 0.167. The Hall–Kier alpha value is -2.24. The van der Waals surface area contributed by atoms with Gasteiger partial charge in [-0.25, -0.2) is 9.38 Å². The molecule has 7 heteroatoms. The summed E-state index contributed by atoms with van der Waals surface area (Å²) >= 11 is 12.0. The third-order valence-electron chi connectivity index (χ3n) is 3.55. The van der Waals surface area contributed by atoms with Gasteiger partial charge in [-0.05, 0) is 31.2 Å². The lowest BCUT2D eigenvalue weighted by molar-refractivity contribution is 0.627. The largest absolute Gasteiger partial charge is 0.276 e. The van der Waals surface area contributed by atoms with Crippen molar-refractivity contribution in [1.82, 2.24) is 5.43 Å². The maximum absolute atomic E-state index is 13.8. The Labute approximate surface area is 155 Å². The van der Waals surface area contributed by atoms with Crippen molar-refractivity contribution in [3.05, 3.63) is 64.4 Å². The molecule has 0 unspecified atom stereocenters. The van der Waals surface area contributed by atoms with E-state index in [0.29, 0.717) is 33.7 Å². The molecule has 0 radical (unpaired) electrons. The van der Waals surface area contributed by atoms with Gasteiger partial charge in [0.2, 0.25) is 0 Å². The number of benzene rings is 2. The number of amidine groups is 1. The first-order valence-electron chi connectivity index (χ1n) is 7.60. The number of nitrogens with zero attached hydrogens (tertiary/aromatic N) is 3. The molecule has 2 aromatic rings. The quantitative estimate of drug-likeness (QED) is 0.476. The molecule has 1 aliphatic rings. The van der Waals surface area contributed by atoms with Crippen molar-refractivity contribution in [3.63, 3.8) is 0 Å². The normalized spacial score (nSPS) is 14.3. The molecule has 0 saturated carbocycles. The van der Waals surface area contributed by atoms with E-state index in [9.17, 15) is 4.39 Å². The van der Waals surface area contributed by atoms with Crippen molar-refractivity contribution in [3.8, 4) is 0 Å². The summed E-state index contributed by atoms with van der Waals surface area (Å²) in [4.78, 5) is 9.11. The molecule has 0 amide bonds. The van der Waals surface area contributed by atoms with Crippen molar-refractivity contribution in [1.29, 1.82) is 0 Å². The minimum atomic E-state index is -0.360. The summed E-state index contributed by atoms with van der Waals surface area (Å²) in [6, 6.07) is 11.7. The number of hydrogen-bond acceptors (Lipinski definition) is 4. The summed E-state index contributed by atoms with van der Waals surface area (Å²) in [6.07, 6.45) is 0. The number of aliphatic imine (C=N–C) groups is 2. The zero-order valence-electron chi connectivity index (χ0n) is 13.4. The van der Waals surface area contributed by atoms with E-state index in [1.54, 1.807) is 19.1 Å². The van der Waals surface area contributed by atoms with Crippen molar-refractivity contribution < 1.29 is 4.39 Å². The zero-order valence-corrected chi connectivity index (χ0v) is 14.9. The van der Waals surface area contributed by atoms with Gasteiger partial charge in [-0.15, -0.1) is 11.6 Å². The lowest BCUT2D eigenvalue weighted by atomic mass is 10.0. The Balaban J connectivity index is 2.08. The van der Waals surface area contributed by atoms with Crippen LogP contribution in [0.3, 0.4) is 0 Å². The highest BCUT2D eigenvalue weighted by atomic mass is 35.5. The number of hydrazone groups is 1. The lowest BCUT2D eigenvalue weighted by Gasteiger charge is -2.10. The van der Waals surface area contributed by atoms with Crippen molar-refractivity contribution >= 4 is 46.1 Å². The second-order valence-electron chi connectivity index (χ2n) is 5.46. The predicted octanol–water partition coefficient (Wildman–Crippen LogP) is 4.56. The van der Waals surface area contributed by atoms with Crippen LogP contribution >= 0.6 is 23.2 Å². The Morgan fingerprint density at radius 3 is 2.80 bits per heavy atom. The predicted molar refractivity (Wildman–Crippen MR) is 102 cm³/mol. The molecule has 0 spiro atoms. The summed E-state index contributed by atoms with van der Waals surface area (Å²) in [6.45, 7) is 2.06. The van der Waals surface area contributed by atoms with Gasteiger partial charge in [-0.2, -0.15) is 5.10 Å². The molecule has 0 aliphatic carbocycles. The number of nitrogens with one attached hydrogen (secondary N) is 1. The molecular weight excluding hydrogens is 362 g/mol. The number of fused-ring (bicyclic) bond motifs is 1. The summed E-state index contributed by atoms with van der Waals surface area (Å²) in [5, 5.41) is 4.69. The maximum atomic E-state index is 13.8. The molecule has 0 aromatic heterocycles. The second kappa shape index (κ2) is 7.76. The number of hydrogen-bond donors (Lipinski definition) is 1. The fourth-order valence-electron chi connectivity index (χ4n) is 2.35. The topological polar surface area (TPSA) is 49.1 Å². The van der Waals surface area contributed by atoms with E-state index in [1.807, 2.05) is 18.2 Å². The third kappa shape index (κ3) is 4.06. The number of rotatable bonds is 3. The molecular formula is C18H15Cl2FN4. The van der Waals surface area contributed by atoms with Crippen LogP contribution in [0.5, 0.6) is 0 Å². The second-order valence-corrected chi connectivity index (χ2v) is 6.13. The number of alkyl halides is 1. The summed E-state index contributed by atoms with van der Waals surface area (Å²) in [5.41, 5.74) is 6.11. The molecule has 4 nitrogen and oxygen atoms in total. The zero-order chi connectivity index (χ0) is 17.8. The summed E-state index contributed by atoms with van der Waals surface area (Å²) < 4.78 is 13.8. The minimum absolute atomic E-state index is 0.260. The van der Waals surface area contributed by atoms with Gasteiger partial charge >= 0.3 is 0 Å². The molecule has 0 atom stereocenters. The van der Waals surface area contributed by atoms with Crippen LogP contribution in [-0.2, 0) is 0 Å². The van der Waals surface area contributed by atoms with E-state index in [0.717, 1.165) is 11.3 Å². The van der Waals surface area contributed by atoms with Gasteiger partial charge in [0.15, 0.2) is 0 Å². The monoisotopic (exact) mass is 376 g/mol. The maximum Gasteiger partial charge on any atom is 0.144 e. The van der Waals surface area contributed by atoms with Crippen LogP contribution in [0.25, 0.3) is 0 Å². The standard InChI is InChI=1S/C18H15Cl2FN4/c1-11(9-19)24-25-17-10-22-18(13-4-2-3-5-15(13)20)14-8-12(21)6-7-16(14)23-17/h2-8H,9-10H2,1H3,(H,23,25). The third-order valence-corrected chi connectivity index (χ3v) is 4.27. The highest BCUT2D eigenvalue weighted by Gasteiger charge is 2.18. The van der Waals surface area contributed by atoms with E-state index in [-0.39, 0.29) is 12.4 Å². The highest BCUT2D eigenvalue weighted by Crippen LogP contribution is 2.28. The van der Waals surface area contributed by atoms with E-state index >= 15 is 0 Å². The average molecular weight is 377 g/mol. The van der Waals surface area contributed by atoms with Gasteiger partial charge in [-0.3, -0.25) is 10.4 Å². The molecule has 3 rings (SSSR count). The van der Waals surface area contributed by atoms with Crippen LogP contribution < -0.4 is 5.43 Å². The molecule has 1 heterocycles. The van der Waals surface area contributed by atoms with Gasteiger partial charge in [0.25, 0.3) is 0 Å². The molecule has 0 saturated heterocycles. The SMILES string of the molecule is CC(CCl)=NNC1=Nc2ccc(F)cc2C(c2ccccc2Cl)=NC1. The van der Waals surface area contributed by atoms with Crippen LogP contribution in [-0.4, -0.2) is 29.7 Å². The molecule has 128 valence electrons. The van der Waals surface area contributed by atoms with Gasteiger partial charge in [0, 0.05) is 21.9 Å². The Morgan fingerprint density at radius 1 is 1.24 bits per heavy atom. The Bertz CT molecular complexity index is 890. The average Bonchev–Trinajstić information content (AvgIpc) is 2.79. The first-order valence-corrected chi connectivity index (χ1v) is 8.51. The molecule has 1 aliphatic heterocycles. The van der Waals surface area contributed by atoms with E-state index in [4.69, 9.17) is 23.2 Å². The highest BCUT2D eigenvalue weighted by molar-refractivity contribution is 6.36. The Morgan fingerprint density at radius 2 is 2.04 bits per heavy atom. The first kappa shape index (κ1) is 17.6. The van der Waals surface area contributed by atoms with Crippen LogP contribution in [0.4, 0.5) is 10.1 Å². The van der Waals surface area contributed by atoms with Gasteiger partial charge in [0.1, 0.15) is 11.7 Å². The molecule has 1 N–H and O–H groups in total. The van der Waals surface area contributed by atoms with E-state index < -0.39 is 0 Å². The van der Waals surface area contributed by atoms with E-state index in [2.05, 4.69) is 20.5 Å². The minimum Gasteiger partial charge on any atom is -0.276 e. The fourth-order valence-corrected chi connectivity index (χ4v) is 2.63. The number of halogens is 3. The summed E-state index contributed by atoms with van der Waals surface area (Å²) in [7, 11) is 0. The Kier molecular flexibility index (Phi) is 5.46. The van der Waals surface area contributed by atoms with Crippen LogP contribution in [0, 0.1) is 5.82 Å². The van der Waals surface area contributed by atoms with Crippen LogP contribution in [0.15, 0.2) is 57.6 Å². The van der Waals surface area contributed by atoms with Crippen molar-refractivity contribution in [2.75, 3.05) is 12.4 Å². The lowest BCUT2D eigenvalue weighted by Crippen LogP contribution is -2.22. The van der Waals surface area contributed by atoms with Crippen molar-refractivity contribution in [2.45, 2.75) is 6.92 Å². The van der Waals surface area contributed by atoms with Crippen LogP contribution in [0.2, 0.25) is 5.02 Å². The summed E-state index contributed by atoms with van der Waals surface area (Å²) in [5.74, 6) is 0.497. The van der Waals surface area contributed by atoms with Gasteiger partial charge < -0.3 is 0 Å². The first-order chi connectivity index (χ1) is 12.1. The molecule has 25 heavy (non-hydrogen) atoms. The molecule has 2 aromatic carbocycles.